The average Bonchev–Trinajstić information content (AvgIpc) is 3.16. The Bertz CT molecular complexity index is 1070. The molecule has 0 saturated carbocycles. The van der Waals surface area contributed by atoms with Crippen LogP contribution >= 0.6 is 7.82 Å². The lowest BCUT2D eigenvalue weighted by Crippen LogP contribution is -2.37. The van der Waals surface area contributed by atoms with Gasteiger partial charge in [0.25, 0.3) is 0 Å². The first-order chi connectivity index (χ1) is 27.5. The van der Waals surface area contributed by atoms with Gasteiger partial charge in [-0.15, -0.1) is 0 Å². The highest BCUT2D eigenvalue weighted by atomic mass is 31.2. The average molecular weight is 827 g/mol. The van der Waals surface area contributed by atoms with Crippen LogP contribution in [0, 0.1) is 0 Å². The molecule has 334 valence electrons. The third-order valence-electron chi connectivity index (χ3n) is 9.92. The van der Waals surface area contributed by atoms with E-state index in [0.717, 1.165) is 57.8 Å². The summed E-state index contributed by atoms with van der Waals surface area (Å²) in [6.45, 7) is 4.38. The van der Waals surface area contributed by atoms with E-state index >= 15 is 0 Å². The molecule has 10 heteroatoms. The summed E-state index contributed by atoms with van der Waals surface area (Å²) < 4.78 is 34.3. The summed E-state index contributed by atoms with van der Waals surface area (Å²) in [6, 6.07) is 0. The maximum Gasteiger partial charge on any atom is 0.472 e. The second-order valence-corrected chi connectivity index (χ2v) is 18.2. The normalized spacial score (nSPS) is 13.9. The van der Waals surface area contributed by atoms with Crippen molar-refractivity contribution in [2.75, 3.05) is 47.5 Å². The fraction of sp³-hybridized carbons (Fsp3) is 0.830. The second kappa shape index (κ2) is 39.7. The monoisotopic (exact) mass is 827 g/mol. The first-order valence-electron chi connectivity index (χ1n) is 23.2. The molecule has 0 rings (SSSR count). The Hall–Kier alpha value is -1.77. The van der Waals surface area contributed by atoms with Crippen LogP contribution in [0.3, 0.4) is 0 Å². The molecular weight excluding hydrogens is 737 g/mol. The summed E-state index contributed by atoms with van der Waals surface area (Å²) in [5.74, 6) is -0.818. The van der Waals surface area contributed by atoms with E-state index in [1.54, 1.807) is 0 Å². The number of allylic oxidation sites excluding steroid dienone is 6. The van der Waals surface area contributed by atoms with Crippen molar-refractivity contribution in [3.8, 4) is 0 Å². The van der Waals surface area contributed by atoms with Crippen molar-refractivity contribution >= 4 is 19.8 Å². The molecule has 0 aliphatic heterocycles. The number of phosphoric acid groups is 1. The Morgan fingerprint density at radius 2 is 0.947 bits per heavy atom. The molecule has 57 heavy (non-hydrogen) atoms. The summed E-state index contributed by atoms with van der Waals surface area (Å²) in [4.78, 5) is 35.4. The maximum absolute atomic E-state index is 12.7. The van der Waals surface area contributed by atoms with E-state index < -0.39 is 26.5 Å². The van der Waals surface area contributed by atoms with E-state index in [9.17, 15) is 19.0 Å². The molecule has 0 aromatic rings. The standard InChI is InChI=1S/C47H88NO8P/c1-6-8-10-12-14-16-18-20-22-24-26-28-30-32-34-36-38-40-47(50)56-45(44-55-57(51,52)54-42-41-48(3,4)5)43-53-46(49)39-37-35-33-31-29-27-25-23-21-19-17-15-13-11-9-7-2/h14,16,20,22,26,28,45H,6-13,15,17-19,21,23-25,27,29-44H2,1-5H3/p+1/b16-14-,22-20-,28-26-/t45-/m1/s1. The van der Waals surface area contributed by atoms with Gasteiger partial charge in [-0.25, -0.2) is 4.57 Å². The highest BCUT2D eigenvalue weighted by molar-refractivity contribution is 7.47. The number of unbranched alkanes of at least 4 members (excludes halogenated alkanes) is 22. The Labute approximate surface area is 351 Å². The molecular formula is C47H89NO8P+. The molecule has 0 aliphatic rings. The summed E-state index contributed by atoms with van der Waals surface area (Å²) in [5, 5.41) is 0. The van der Waals surface area contributed by atoms with Crippen LogP contribution < -0.4 is 0 Å². The largest absolute Gasteiger partial charge is 0.472 e. The van der Waals surface area contributed by atoms with Gasteiger partial charge in [0.05, 0.1) is 27.7 Å². The van der Waals surface area contributed by atoms with E-state index in [4.69, 9.17) is 18.5 Å². The molecule has 1 unspecified atom stereocenters. The summed E-state index contributed by atoms with van der Waals surface area (Å²) in [6.07, 6.45) is 44.7. The van der Waals surface area contributed by atoms with Gasteiger partial charge in [0.15, 0.2) is 6.10 Å². The molecule has 0 radical (unpaired) electrons. The van der Waals surface area contributed by atoms with E-state index in [2.05, 4.69) is 50.3 Å². The van der Waals surface area contributed by atoms with Crippen molar-refractivity contribution < 1.29 is 42.1 Å². The highest BCUT2D eigenvalue weighted by Gasteiger charge is 2.27. The van der Waals surface area contributed by atoms with Gasteiger partial charge in [0.2, 0.25) is 0 Å². The number of carbonyl (C=O) groups excluding carboxylic acids is 2. The molecule has 2 atom stereocenters. The van der Waals surface area contributed by atoms with E-state index in [-0.39, 0.29) is 32.0 Å². The van der Waals surface area contributed by atoms with Crippen LogP contribution in [0.4, 0.5) is 0 Å². The number of ether oxygens (including phenoxy) is 2. The van der Waals surface area contributed by atoms with Crippen molar-refractivity contribution in [3.63, 3.8) is 0 Å². The minimum Gasteiger partial charge on any atom is -0.462 e. The topological polar surface area (TPSA) is 108 Å². The molecule has 0 amide bonds. The first-order valence-corrected chi connectivity index (χ1v) is 24.7. The lowest BCUT2D eigenvalue weighted by molar-refractivity contribution is -0.870. The molecule has 0 spiro atoms. The van der Waals surface area contributed by atoms with E-state index in [1.165, 1.54) is 109 Å². The van der Waals surface area contributed by atoms with Gasteiger partial charge >= 0.3 is 19.8 Å². The van der Waals surface area contributed by atoms with Crippen LogP contribution in [-0.2, 0) is 32.7 Å². The number of esters is 2. The fourth-order valence-electron chi connectivity index (χ4n) is 6.26. The number of phosphoric ester groups is 1. The number of nitrogens with zero attached hydrogens (tertiary/aromatic N) is 1. The lowest BCUT2D eigenvalue weighted by Gasteiger charge is -2.24. The smallest absolute Gasteiger partial charge is 0.462 e. The molecule has 9 nitrogen and oxygen atoms in total. The lowest BCUT2D eigenvalue weighted by atomic mass is 10.0. The predicted octanol–water partition coefficient (Wildman–Crippen LogP) is 13.3. The van der Waals surface area contributed by atoms with Crippen molar-refractivity contribution in [3.05, 3.63) is 36.5 Å². The molecule has 0 bridgehead atoms. The van der Waals surface area contributed by atoms with Gasteiger partial charge in [0, 0.05) is 12.8 Å². The van der Waals surface area contributed by atoms with Crippen LogP contribution in [0.15, 0.2) is 36.5 Å². The van der Waals surface area contributed by atoms with Gasteiger partial charge in [-0.1, -0.05) is 172 Å². The predicted molar refractivity (Wildman–Crippen MR) is 238 cm³/mol. The van der Waals surface area contributed by atoms with Crippen molar-refractivity contribution in [1.82, 2.24) is 0 Å². The summed E-state index contributed by atoms with van der Waals surface area (Å²) in [7, 11) is 1.46. The van der Waals surface area contributed by atoms with E-state index in [1.807, 2.05) is 21.1 Å². The molecule has 0 fully saturated rings. The minimum absolute atomic E-state index is 0.0278. The third-order valence-corrected chi connectivity index (χ3v) is 10.9. The Morgan fingerprint density at radius 1 is 0.544 bits per heavy atom. The fourth-order valence-corrected chi connectivity index (χ4v) is 7.00. The zero-order valence-corrected chi connectivity index (χ0v) is 38.5. The number of hydrogen-bond acceptors (Lipinski definition) is 7. The Morgan fingerprint density at radius 3 is 1.44 bits per heavy atom. The number of hydrogen-bond donors (Lipinski definition) is 1. The third kappa shape index (κ3) is 43.6. The zero-order chi connectivity index (χ0) is 42.1. The molecule has 0 aromatic carbocycles. The summed E-state index contributed by atoms with van der Waals surface area (Å²) >= 11 is 0. The SMILES string of the molecule is CCCCC/C=C\C/C=C\C/C=C\CCCCCCC(=O)O[C@H](COC(=O)CCCCCCCCCCCCCCCCCC)COP(=O)(O)OCC[N+](C)(C)C. The molecule has 0 saturated heterocycles. The number of rotatable bonds is 42. The number of likely N-dealkylation sites (N-methyl/N-ethyl adjacent to an activating group) is 1. The van der Waals surface area contributed by atoms with Gasteiger partial charge in [-0.05, 0) is 51.4 Å². The Kier molecular flexibility index (Phi) is 38.4. The van der Waals surface area contributed by atoms with Crippen LogP contribution in [0.1, 0.15) is 200 Å². The van der Waals surface area contributed by atoms with E-state index in [0.29, 0.717) is 17.4 Å². The minimum atomic E-state index is -4.38. The van der Waals surface area contributed by atoms with Gasteiger partial charge < -0.3 is 18.9 Å². The Balaban J connectivity index is 4.36. The van der Waals surface area contributed by atoms with Crippen molar-refractivity contribution in [1.29, 1.82) is 0 Å². The summed E-state index contributed by atoms with van der Waals surface area (Å²) in [5.41, 5.74) is 0. The van der Waals surface area contributed by atoms with Gasteiger partial charge in [0.1, 0.15) is 19.8 Å². The quantitative estimate of drug-likeness (QED) is 0.0213. The molecule has 0 heterocycles. The maximum atomic E-state index is 12.7. The number of quaternary nitrogens is 1. The van der Waals surface area contributed by atoms with Crippen LogP contribution in [-0.4, -0.2) is 74.9 Å². The van der Waals surface area contributed by atoms with Crippen molar-refractivity contribution in [2.24, 2.45) is 0 Å². The van der Waals surface area contributed by atoms with Crippen LogP contribution in [0.2, 0.25) is 0 Å². The molecule has 1 N–H and O–H groups in total. The number of carbonyl (C=O) groups is 2. The van der Waals surface area contributed by atoms with Gasteiger partial charge in [-0.3, -0.25) is 18.6 Å². The van der Waals surface area contributed by atoms with Crippen LogP contribution in [0.25, 0.3) is 0 Å². The zero-order valence-electron chi connectivity index (χ0n) is 37.6. The first kappa shape index (κ1) is 55.2. The second-order valence-electron chi connectivity index (χ2n) is 16.8. The van der Waals surface area contributed by atoms with Crippen LogP contribution in [0.5, 0.6) is 0 Å². The molecule has 0 aromatic heterocycles. The molecule has 0 aliphatic carbocycles. The van der Waals surface area contributed by atoms with Gasteiger partial charge in [-0.2, -0.15) is 0 Å². The van der Waals surface area contributed by atoms with Crippen molar-refractivity contribution in [2.45, 2.75) is 206 Å². The highest BCUT2D eigenvalue weighted by Crippen LogP contribution is 2.43.